The number of rotatable bonds is 5. The first kappa shape index (κ1) is 17.6. The van der Waals surface area contributed by atoms with E-state index in [0.717, 1.165) is 5.56 Å². The van der Waals surface area contributed by atoms with Crippen molar-refractivity contribution in [1.82, 2.24) is 10.3 Å². The third-order valence-corrected chi connectivity index (χ3v) is 3.96. The molecule has 2 aromatic carbocycles. The molecule has 0 aliphatic carbocycles. The number of halogens is 1. The normalized spacial score (nSPS) is 10.2. The first-order valence-electron chi connectivity index (χ1n) is 7.98. The molecule has 0 aliphatic rings. The van der Waals surface area contributed by atoms with Crippen LogP contribution in [0.3, 0.4) is 0 Å². The van der Waals surface area contributed by atoms with E-state index in [1.165, 1.54) is 0 Å². The average molecular weight is 366 g/mol. The minimum Gasteiger partial charge on any atom is -0.347 e. The Morgan fingerprint density at radius 3 is 2.19 bits per heavy atom. The van der Waals surface area contributed by atoms with Gasteiger partial charge >= 0.3 is 0 Å². The molecule has 1 aromatic heterocycles. The Kier molecular flexibility index (Phi) is 5.61. The molecule has 0 fully saturated rings. The first-order valence-corrected chi connectivity index (χ1v) is 8.36. The van der Waals surface area contributed by atoms with E-state index in [1.54, 1.807) is 42.5 Å². The van der Waals surface area contributed by atoms with Gasteiger partial charge in [-0.05, 0) is 29.8 Å². The largest absolute Gasteiger partial charge is 0.347 e. The minimum atomic E-state index is -0.434. The van der Waals surface area contributed by atoms with Crippen LogP contribution >= 0.6 is 11.6 Å². The number of carbonyl (C=O) groups is 2. The summed E-state index contributed by atoms with van der Waals surface area (Å²) in [5.41, 5.74) is 1.78. The lowest BCUT2D eigenvalue weighted by Crippen LogP contribution is -2.25. The Morgan fingerprint density at radius 2 is 1.46 bits per heavy atom. The smallest absolute Gasteiger partial charge is 0.274 e. The molecule has 26 heavy (non-hydrogen) atoms. The maximum absolute atomic E-state index is 12.4. The highest BCUT2D eigenvalue weighted by Gasteiger charge is 2.13. The zero-order valence-corrected chi connectivity index (χ0v) is 14.5. The van der Waals surface area contributed by atoms with Crippen molar-refractivity contribution in [2.24, 2.45) is 0 Å². The van der Waals surface area contributed by atoms with E-state index < -0.39 is 5.91 Å². The van der Waals surface area contributed by atoms with Crippen molar-refractivity contribution in [2.75, 3.05) is 5.32 Å². The van der Waals surface area contributed by atoms with Gasteiger partial charge in [-0.25, -0.2) is 4.98 Å². The first-order chi connectivity index (χ1) is 12.6. The van der Waals surface area contributed by atoms with Gasteiger partial charge in [0.15, 0.2) is 0 Å². The highest BCUT2D eigenvalue weighted by molar-refractivity contribution is 6.33. The molecule has 0 aliphatic heterocycles. The van der Waals surface area contributed by atoms with Crippen LogP contribution in [0.4, 0.5) is 5.69 Å². The van der Waals surface area contributed by atoms with Crippen LogP contribution in [0, 0.1) is 0 Å². The number of nitrogens with zero attached hydrogens (tertiary/aromatic N) is 1. The summed E-state index contributed by atoms with van der Waals surface area (Å²) in [5, 5.41) is 5.90. The van der Waals surface area contributed by atoms with E-state index in [2.05, 4.69) is 15.6 Å². The van der Waals surface area contributed by atoms with Gasteiger partial charge in [0.25, 0.3) is 11.8 Å². The second-order valence-corrected chi connectivity index (χ2v) is 5.92. The van der Waals surface area contributed by atoms with Gasteiger partial charge in [0, 0.05) is 6.54 Å². The Bertz CT molecular complexity index is 929. The lowest BCUT2D eigenvalue weighted by Gasteiger charge is -2.08. The molecule has 130 valence electrons. The molecule has 2 amide bonds. The van der Waals surface area contributed by atoms with Crippen molar-refractivity contribution in [3.63, 3.8) is 0 Å². The number of benzene rings is 2. The molecule has 0 spiro atoms. The van der Waals surface area contributed by atoms with Gasteiger partial charge in [-0.3, -0.25) is 9.59 Å². The van der Waals surface area contributed by atoms with E-state index >= 15 is 0 Å². The summed E-state index contributed by atoms with van der Waals surface area (Å²) in [6.07, 6.45) is 0. The van der Waals surface area contributed by atoms with Crippen molar-refractivity contribution in [3.05, 3.63) is 94.8 Å². The fraction of sp³-hybridized carbons (Fsp3) is 0.0500. The second-order valence-electron chi connectivity index (χ2n) is 5.51. The van der Waals surface area contributed by atoms with Gasteiger partial charge in [0.05, 0.1) is 10.7 Å². The molecule has 3 aromatic rings. The summed E-state index contributed by atoms with van der Waals surface area (Å²) < 4.78 is 0. The molecule has 5 nitrogen and oxygen atoms in total. The predicted octanol–water partition coefficient (Wildman–Crippen LogP) is 3.92. The number of aromatic nitrogens is 1. The Balaban J connectivity index is 1.68. The van der Waals surface area contributed by atoms with Gasteiger partial charge < -0.3 is 10.6 Å². The quantitative estimate of drug-likeness (QED) is 0.720. The van der Waals surface area contributed by atoms with Crippen molar-refractivity contribution in [1.29, 1.82) is 0 Å². The average Bonchev–Trinajstić information content (AvgIpc) is 2.69. The second kappa shape index (κ2) is 8.27. The number of pyridine rings is 1. The van der Waals surface area contributed by atoms with Gasteiger partial charge in [-0.2, -0.15) is 0 Å². The highest BCUT2D eigenvalue weighted by Crippen LogP contribution is 2.20. The fourth-order valence-corrected chi connectivity index (χ4v) is 2.49. The lowest BCUT2D eigenvalue weighted by molar-refractivity contribution is 0.0945. The van der Waals surface area contributed by atoms with E-state index in [9.17, 15) is 9.59 Å². The summed E-state index contributed by atoms with van der Waals surface area (Å²) in [7, 11) is 0. The summed E-state index contributed by atoms with van der Waals surface area (Å²) >= 11 is 6.04. The van der Waals surface area contributed by atoms with Gasteiger partial charge in [0.2, 0.25) is 0 Å². The molecule has 3 rings (SSSR count). The molecule has 0 saturated carbocycles. The van der Waals surface area contributed by atoms with E-state index in [4.69, 9.17) is 11.6 Å². The highest BCUT2D eigenvalue weighted by atomic mass is 35.5. The monoisotopic (exact) mass is 365 g/mol. The summed E-state index contributed by atoms with van der Waals surface area (Å²) in [6, 6.07) is 21.2. The van der Waals surface area contributed by atoms with Crippen LogP contribution in [0.2, 0.25) is 5.02 Å². The van der Waals surface area contributed by atoms with E-state index in [1.807, 2.05) is 30.3 Å². The van der Waals surface area contributed by atoms with Gasteiger partial charge in [-0.1, -0.05) is 60.1 Å². The molecule has 0 atom stereocenters. The van der Waals surface area contributed by atoms with Crippen molar-refractivity contribution in [3.8, 4) is 0 Å². The maximum atomic E-state index is 12.4. The van der Waals surface area contributed by atoms with E-state index in [0.29, 0.717) is 17.3 Å². The number of carbonyl (C=O) groups excluding carboxylic acids is 2. The maximum Gasteiger partial charge on any atom is 0.274 e. The van der Waals surface area contributed by atoms with Crippen LogP contribution in [0.15, 0.2) is 72.8 Å². The van der Waals surface area contributed by atoms with Crippen LogP contribution in [0.1, 0.15) is 26.5 Å². The van der Waals surface area contributed by atoms with Crippen LogP contribution in [0.25, 0.3) is 0 Å². The fourth-order valence-electron chi connectivity index (χ4n) is 2.31. The van der Waals surface area contributed by atoms with Gasteiger partial charge in [-0.15, -0.1) is 0 Å². The third-order valence-electron chi connectivity index (χ3n) is 3.63. The topological polar surface area (TPSA) is 71.1 Å². The molecule has 0 bridgehead atoms. The van der Waals surface area contributed by atoms with Gasteiger partial charge in [0.1, 0.15) is 11.4 Å². The third kappa shape index (κ3) is 4.46. The minimum absolute atomic E-state index is 0.136. The predicted molar refractivity (Wildman–Crippen MR) is 101 cm³/mol. The van der Waals surface area contributed by atoms with Crippen LogP contribution in [0.5, 0.6) is 0 Å². The van der Waals surface area contributed by atoms with Crippen LogP contribution < -0.4 is 10.6 Å². The molecule has 1 heterocycles. The molecule has 0 saturated heterocycles. The summed E-state index contributed by atoms with van der Waals surface area (Å²) in [5.74, 6) is -0.781. The standard InChI is InChI=1S/C20H16ClN3O2/c21-15-9-4-5-10-16(15)24-20(26)18-12-6-11-17(23-18)19(25)22-13-14-7-2-1-3-8-14/h1-12H,13H2,(H,22,25)(H,24,26). The Morgan fingerprint density at radius 1 is 0.808 bits per heavy atom. The van der Waals surface area contributed by atoms with Crippen LogP contribution in [-0.2, 0) is 6.54 Å². The number of nitrogens with one attached hydrogen (secondary N) is 2. The lowest BCUT2D eigenvalue weighted by atomic mass is 10.2. The number of hydrogen-bond acceptors (Lipinski definition) is 3. The number of para-hydroxylation sites is 1. The Hall–Kier alpha value is -3.18. The van der Waals surface area contributed by atoms with E-state index in [-0.39, 0.29) is 17.3 Å². The summed E-state index contributed by atoms with van der Waals surface area (Å²) in [6.45, 7) is 0.386. The molecule has 6 heteroatoms. The zero-order valence-electron chi connectivity index (χ0n) is 13.8. The molecular formula is C20H16ClN3O2. The number of anilines is 1. The molecular weight excluding hydrogens is 350 g/mol. The molecule has 0 unspecified atom stereocenters. The molecule has 0 radical (unpaired) electrons. The van der Waals surface area contributed by atoms with Crippen molar-refractivity contribution >= 4 is 29.1 Å². The number of amides is 2. The number of hydrogen-bond donors (Lipinski definition) is 2. The Labute approximate surface area is 156 Å². The SMILES string of the molecule is O=C(NCc1ccccc1)c1cccc(C(=O)Nc2ccccc2Cl)n1. The van der Waals surface area contributed by atoms with Crippen molar-refractivity contribution < 1.29 is 9.59 Å². The van der Waals surface area contributed by atoms with Crippen molar-refractivity contribution in [2.45, 2.75) is 6.54 Å². The zero-order chi connectivity index (χ0) is 18.4. The van der Waals surface area contributed by atoms with Crippen LogP contribution in [-0.4, -0.2) is 16.8 Å². The summed E-state index contributed by atoms with van der Waals surface area (Å²) in [4.78, 5) is 28.8. The molecule has 2 N–H and O–H groups in total.